The van der Waals surface area contributed by atoms with Gasteiger partial charge in [-0.15, -0.1) is 0 Å². The lowest BCUT2D eigenvalue weighted by atomic mass is 10.1. The smallest absolute Gasteiger partial charge is 0.276 e. The van der Waals surface area contributed by atoms with Crippen molar-refractivity contribution in [2.24, 2.45) is 0 Å². The third-order valence-electron chi connectivity index (χ3n) is 4.42. The summed E-state index contributed by atoms with van der Waals surface area (Å²) in [6, 6.07) is 13.2. The molecule has 1 aromatic heterocycles. The molecular weight excluding hydrogens is 316 g/mol. The molecule has 1 aliphatic rings. The average molecular weight is 334 g/mol. The first-order valence-corrected chi connectivity index (χ1v) is 8.28. The standard InChI is InChI=1S/C19H18N4O2/c1-12-7-8-16-15(10-12)18(22-21-16)19(25)20-13-4-2-5-14(11-13)23-9-3-6-17(23)24/h2,4-5,7-8,10-11H,3,6,9H2,1H3,(H,20,25)(H,21,22). The molecule has 2 aromatic carbocycles. The summed E-state index contributed by atoms with van der Waals surface area (Å²) in [5.41, 5.74) is 3.71. The zero-order valence-corrected chi connectivity index (χ0v) is 13.9. The number of amides is 2. The van der Waals surface area contributed by atoms with Crippen LogP contribution in [0.2, 0.25) is 0 Å². The number of benzene rings is 2. The summed E-state index contributed by atoms with van der Waals surface area (Å²) < 4.78 is 0. The SMILES string of the molecule is Cc1ccc2[nH]nc(C(=O)Nc3cccc(N4CCCC4=O)c3)c2c1. The zero-order valence-electron chi connectivity index (χ0n) is 13.9. The van der Waals surface area contributed by atoms with Gasteiger partial charge in [-0.3, -0.25) is 14.7 Å². The Morgan fingerprint density at radius 3 is 2.92 bits per heavy atom. The van der Waals surface area contributed by atoms with Crippen molar-refractivity contribution < 1.29 is 9.59 Å². The van der Waals surface area contributed by atoms with Gasteiger partial charge in [0.2, 0.25) is 5.91 Å². The Morgan fingerprint density at radius 1 is 1.24 bits per heavy atom. The van der Waals surface area contributed by atoms with Crippen LogP contribution in [-0.4, -0.2) is 28.6 Å². The molecular formula is C19H18N4O2. The molecule has 2 N–H and O–H groups in total. The highest BCUT2D eigenvalue weighted by atomic mass is 16.2. The molecule has 0 atom stereocenters. The molecule has 1 saturated heterocycles. The molecule has 2 heterocycles. The average Bonchev–Trinajstić information content (AvgIpc) is 3.20. The second kappa shape index (κ2) is 6.05. The predicted octanol–water partition coefficient (Wildman–Crippen LogP) is 3.25. The highest BCUT2D eigenvalue weighted by Gasteiger charge is 2.22. The largest absolute Gasteiger partial charge is 0.321 e. The number of fused-ring (bicyclic) bond motifs is 1. The number of H-pyrrole nitrogens is 1. The number of aryl methyl sites for hydroxylation is 1. The molecule has 0 saturated carbocycles. The number of aromatic amines is 1. The Kier molecular flexibility index (Phi) is 3.72. The molecule has 1 aliphatic heterocycles. The van der Waals surface area contributed by atoms with Gasteiger partial charge in [0.05, 0.1) is 5.52 Å². The van der Waals surface area contributed by atoms with E-state index in [0.29, 0.717) is 17.8 Å². The van der Waals surface area contributed by atoms with E-state index in [4.69, 9.17) is 0 Å². The van der Waals surface area contributed by atoms with E-state index < -0.39 is 0 Å². The molecule has 2 amide bonds. The first-order chi connectivity index (χ1) is 12.1. The van der Waals surface area contributed by atoms with Gasteiger partial charge in [-0.1, -0.05) is 17.7 Å². The maximum absolute atomic E-state index is 12.6. The van der Waals surface area contributed by atoms with Crippen LogP contribution in [0.25, 0.3) is 10.9 Å². The van der Waals surface area contributed by atoms with E-state index in [0.717, 1.165) is 35.1 Å². The fourth-order valence-electron chi connectivity index (χ4n) is 3.16. The van der Waals surface area contributed by atoms with E-state index in [2.05, 4.69) is 15.5 Å². The molecule has 0 bridgehead atoms. The van der Waals surface area contributed by atoms with Gasteiger partial charge in [0.1, 0.15) is 0 Å². The number of nitrogens with zero attached hydrogens (tertiary/aromatic N) is 2. The highest BCUT2D eigenvalue weighted by molar-refractivity contribution is 6.11. The van der Waals surface area contributed by atoms with Gasteiger partial charge in [-0.05, 0) is 43.7 Å². The Bertz CT molecular complexity index is 976. The molecule has 6 nitrogen and oxygen atoms in total. The van der Waals surface area contributed by atoms with E-state index in [1.165, 1.54) is 0 Å². The van der Waals surface area contributed by atoms with Crippen molar-refractivity contribution in [1.82, 2.24) is 10.2 Å². The van der Waals surface area contributed by atoms with Crippen LogP contribution in [-0.2, 0) is 4.79 Å². The Hall–Kier alpha value is -3.15. The zero-order chi connectivity index (χ0) is 17.4. The number of rotatable bonds is 3. The van der Waals surface area contributed by atoms with Crippen LogP contribution in [0.15, 0.2) is 42.5 Å². The van der Waals surface area contributed by atoms with Crippen LogP contribution in [0, 0.1) is 6.92 Å². The minimum atomic E-state index is -0.276. The second-order valence-corrected chi connectivity index (χ2v) is 6.27. The van der Waals surface area contributed by atoms with Gasteiger partial charge in [-0.2, -0.15) is 5.10 Å². The second-order valence-electron chi connectivity index (χ2n) is 6.27. The van der Waals surface area contributed by atoms with E-state index in [-0.39, 0.29) is 11.8 Å². The van der Waals surface area contributed by atoms with Crippen molar-refractivity contribution in [1.29, 1.82) is 0 Å². The third-order valence-corrected chi connectivity index (χ3v) is 4.42. The topological polar surface area (TPSA) is 78.1 Å². The number of hydrogen-bond donors (Lipinski definition) is 2. The maximum atomic E-state index is 12.6. The van der Waals surface area contributed by atoms with Gasteiger partial charge in [0.15, 0.2) is 5.69 Å². The minimum Gasteiger partial charge on any atom is -0.321 e. The Labute approximate surface area is 144 Å². The Balaban J connectivity index is 1.60. The summed E-state index contributed by atoms with van der Waals surface area (Å²) in [6.07, 6.45) is 1.45. The summed E-state index contributed by atoms with van der Waals surface area (Å²) in [6.45, 7) is 2.70. The van der Waals surface area contributed by atoms with Crippen LogP contribution < -0.4 is 10.2 Å². The molecule has 1 fully saturated rings. The molecule has 0 radical (unpaired) electrons. The van der Waals surface area contributed by atoms with Crippen LogP contribution in [0.1, 0.15) is 28.9 Å². The lowest BCUT2D eigenvalue weighted by Gasteiger charge is -2.16. The molecule has 6 heteroatoms. The quantitative estimate of drug-likeness (QED) is 0.772. The fourth-order valence-corrected chi connectivity index (χ4v) is 3.16. The summed E-state index contributed by atoms with van der Waals surface area (Å²) in [7, 11) is 0. The minimum absolute atomic E-state index is 0.122. The monoisotopic (exact) mass is 334 g/mol. The summed E-state index contributed by atoms with van der Waals surface area (Å²) in [5.74, 6) is -0.154. The molecule has 3 aromatic rings. The van der Waals surface area contributed by atoms with E-state index >= 15 is 0 Å². The third kappa shape index (κ3) is 2.87. The van der Waals surface area contributed by atoms with Gasteiger partial charge < -0.3 is 10.2 Å². The number of hydrogen-bond acceptors (Lipinski definition) is 3. The summed E-state index contributed by atoms with van der Waals surface area (Å²) >= 11 is 0. The molecule has 0 unspecified atom stereocenters. The van der Waals surface area contributed by atoms with Crippen LogP contribution in [0.3, 0.4) is 0 Å². The van der Waals surface area contributed by atoms with Gasteiger partial charge in [0, 0.05) is 29.7 Å². The normalized spacial score (nSPS) is 14.3. The summed E-state index contributed by atoms with van der Waals surface area (Å²) in [4.78, 5) is 26.3. The first kappa shape index (κ1) is 15.4. The molecule has 0 aliphatic carbocycles. The van der Waals surface area contributed by atoms with Crippen LogP contribution in [0.5, 0.6) is 0 Å². The number of carbonyl (C=O) groups excluding carboxylic acids is 2. The number of aromatic nitrogens is 2. The van der Waals surface area contributed by atoms with Crippen molar-refractivity contribution in [3.05, 3.63) is 53.7 Å². The summed E-state index contributed by atoms with van der Waals surface area (Å²) in [5, 5.41) is 10.7. The first-order valence-electron chi connectivity index (χ1n) is 8.28. The number of nitrogens with one attached hydrogen (secondary N) is 2. The lowest BCUT2D eigenvalue weighted by Crippen LogP contribution is -2.23. The van der Waals surface area contributed by atoms with Crippen molar-refractivity contribution >= 4 is 34.1 Å². The number of anilines is 2. The van der Waals surface area contributed by atoms with Crippen molar-refractivity contribution in [2.75, 3.05) is 16.8 Å². The van der Waals surface area contributed by atoms with Crippen molar-refractivity contribution in [2.45, 2.75) is 19.8 Å². The van der Waals surface area contributed by atoms with E-state index in [1.54, 1.807) is 4.90 Å². The van der Waals surface area contributed by atoms with Gasteiger partial charge in [-0.25, -0.2) is 0 Å². The maximum Gasteiger partial charge on any atom is 0.276 e. The van der Waals surface area contributed by atoms with Crippen LogP contribution >= 0.6 is 0 Å². The molecule has 4 rings (SSSR count). The van der Waals surface area contributed by atoms with Crippen molar-refractivity contribution in [3.63, 3.8) is 0 Å². The van der Waals surface area contributed by atoms with Crippen LogP contribution in [0.4, 0.5) is 11.4 Å². The van der Waals surface area contributed by atoms with E-state index in [1.807, 2.05) is 49.4 Å². The predicted molar refractivity (Wildman–Crippen MR) is 96.8 cm³/mol. The highest BCUT2D eigenvalue weighted by Crippen LogP contribution is 2.25. The molecule has 25 heavy (non-hydrogen) atoms. The fraction of sp³-hybridized carbons (Fsp3) is 0.211. The molecule has 126 valence electrons. The van der Waals surface area contributed by atoms with Gasteiger partial charge in [0.25, 0.3) is 5.91 Å². The Morgan fingerprint density at radius 2 is 2.12 bits per heavy atom. The lowest BCUT2D eigenvalue weighted by molar-refractivity contribution is -0.117. The van der Waals surface area contributed by atoms with Gasteiger partial charge >= 0.3 is 0 Å². The van der Waals surface area contributed by atoms with Crippen molar-refractivity contribution in [3.8, 4) is 0 Å². The van der Waals surface area contributed by atoms with E-state index in [9.17, 15) is 9.59 Å². The number of carbonyl (C=O) groups is 2. The molecule has 0 spiro atoms.